The first-order valence-corrected chi connectivity index (χ1v) is 5.42. The lowest BCUT2D eigenvalue weighted by atomic mass is 10.2. The highest BCUT2D eigenvalue weighted by Crippen LogP contribution is 2.21. The highest BCUT2D eigenvalue weighted by atomic mass is 79.9. The molecule has 0 saturated carbocycles. The minimum absolute atomic E-state index is 0.254. The second kappa shape index (κ2) is 4.27. The van der Waals surface area contributed by atoms with Gasteiger partial charge in [0.25, 0.3) is 0 Å². The van der Waals surface area contributed by atoms with Crippen LogP contribution in [-0.2, 0) is 0 Å². The van der Waals surface area contributed by atoms with Crippen molar-refractivity contribution in [3.8, 4) is 5.75 Å². The zero-order chi connectivity index (χ0) is 10.9. The second-order valence-corrected chi connectivity index (χ2v) is 5.63. The molecule has 1 N–H and O–H groups in total. The number of alkyl halides is 2. The fraction of sp³-hybridized carbons (Fsp3) is 0.250. The minimum Gasteiger partial charge on any atom is -0.507 e. The Morgan fingerprint density at radius 1 is 1.57 bits per heavy atom. The predicted molar refractivity (Wildman–Crippen MR) is 57.4 cm³/mol. The third-order valence-corrected chi connectivity index (χ3v) is 2.33. The molecule has 0 radical (unpaired) electrons. The Bertz CT molecular complexity index is 422. The Kier molecular flexibility index (Phi) is 3.49. The molecule has 0 amide bonds. The van der Waals surface area contributed by atoms with Crippen LogP contribution in [0.4, 0.5) is 0 Å². The zero-order valence-electron chi connectivity index (χ0n) is 7.08. The number of carbonyl (C=O) groups excluding carboxylic acids is 1. The van der Waals surface area contributed by atoms with Crippen molar-refractivity contribution in [3.63, 3.8) is 0 Å². The summed E-state index contributed by atoms with van der Waals surface area (Å²) in [6.45, 7) is 1.51. The Balaban J connectivity index is 3.36. The molecule has 1 aromatic rings. The van der Waals surface area contributed by atoms with Crippen LogP contribution in [0.2, 0.25) is 0 Å². The summed E-state index contributed by atoms with van der Waals surface area (Å²) in [6, 6.07) is 1.22. The van der Waals surface area contributed by atoms with Gasteiger partial charge in [0, 0.05) is 6.07 Å². The molecular formula is C8H6Br2O4. The maximum atomic E-state index is 11.4. The quantitative estimate of drug-likeness (QED) is 0.666. The molecule has 0 saturated heterocycles. The van der Waals surface area contributed by atoms with E-state index in [0.717, 1.165) is 0 Å². The number of Topliss-reactive ketones (excluding diaryl/α,β-unsaturated/α-hetero) is 1. The van der Waals surface area contributed by atoms with E-state index in [1.54, 1.807) is 0 Å². The van der Waals surface area contributed by atoms with Crippen molar-refractivity contribution in [2.45, 2.75) is 10.7 Å². The van der Waals surface area contributed by atoms with Crippen molar-refractivity contribution < 1.29 is 14.3 Å². The monoisotopic (exact) mass is 324 g/mol. The van der Waals surface area contributed by atoms with E-state index in [-0.39, 0.29) is 17.1 Å². The van der Waals surface area contributed by atoms with Gasteiger partial charge in [-0.05, 0) is 6.92 Å². The lowest BCUT2D eigenvalue weighted by molar-refractivity contribution is 0.101. The first-order chi connectivity index (χ1) is 6.43. The van der Waals surface area contributed by atoms with E-state index in [0.29, 0.717) is 0 Å². The average molecular weight is 326 g/mol. The van der Waals surface area contributed by atoms with E-state index in [1.165, 1.54) is 13.0 Å². The van der Waals surface area contributed by atoms with Gasteiger partial charge in [0.2, 0.25) is 0 Å². The van der Waals surface area contributed by atoms with Crippen LogP contribution in [0, 0.1) is 6.92 Å². The molecule has 0 aliphatic heterocycles. The summed E-state index contributed by atoms with van der Waals surface area (Å²) < 4.78 is 3.97. The van der Waals surface area contributed by atoms with Gasteiger partial charge in [-0.15, -0.1) is 0 Å². The van der Waals surface area contributed by atoms with Crippen LogP contribution in [0.5, 0.6) is 5.75 Å². The maximum absolute atomic E-state index is 11.4. The van der Waals surface area contributed by atoms with E-state index in [2.05, 4.69) is 36.3 Å². The number of ketones is 1. The van der Waals surface area contributed by atoms with Crippen LogP contribution in [0.25, 0.3) is 0 Å². The highest BCUT2D eigenvalue weighted by molar-refractivity contribution is 9.25. The van der Waals surface area contributed by atoms with Crippen LogP contribution >= 0.6 is 31.9 Å². The highest BCUT2D eigenvalue weighted by Gasteiger charge is 2.22. The van der Waals surface area contributed by atoms with Gasteiger partial charge in [-0.3, -0.25) is 4.79 Å². The molecule has 0 aliphatic rings. The van der Waals surface area contributed by atoms with Crippen LogP contribution in [0.3, 0.4) is 0 Å². The second-order valence-electron chi connectivity index (χ2n) is 2.57. The van der Waals surface area contributed by atoms with E-state index in [9.17, 15) is 14.7 Å². The Morgan fingerprint density at radius 3 is 2.57 bits per heavy atom. The van der Waals surface area contributed by atoms with E-state index in [4.69, 9.17) is 0 Å². The molecule has 0 spiro atoms. The molecule has 6 heteroatoms. The van der Waals surface area contributed by atoms with Gasteiger partial charge in [0.1, 0.15) is 20.8 Å². The first kappa shape index (κ1) is 11.5. The summed E-state index contributed by atoms with van der Waals surface area (Å²) >= 11 is 5.88. The Hall–Kier alpha value is -0.620. The number of carbonyl (C=O) groups is 1. The molecule has 0 aliphatic carbocycles. The standard InChI is InChI=1S/C8H6Br2O4/c1-3-2-4(11)5(8(13)14-3)6(12)7(9)10/h2,7,11H,1H3. The van der Waals surface area contributed by atoms with Crippen LogP contribution in [0.15, 0.2) is 15.3 Å². The van der Waals surface area contributed by atoms with Crippen molar-refractivity contribution >= 4 is 37.6 Å². The molecule has 14 heavy (non-hydrogen) atoms. The third-order valence-electron chi connectivity index (χ3n) is 1.50. The van der Waals surface area contributed by atoms with Crippen LogP contribution < -0.4 is 5.63 Å². The van der Waals surface area contributed by atoms with Crippen molar-refractivity contribution in [1.82, 2.24) is 0 Å². The molecule has 0 atom stereocenters. The van der Waals surface area contributed by atoms with Gasteiger partial charge < -0.3 is 9.52 Å². The first-order valence-electron chi connectivity index (χ1n) is 3.59. The van der Waals surface area contributed by atoms with Gasteiger partial charge in [0.05, 0.1) is 0 Å². The van der Waals surface area contributed by atoms with Gasteiger partial charge >= 0.3 is 5.63 Å². The molecule has 1 rings (SSSR count). The van der Waals surface area contributed by atoms with Gasteiger partial charge in [-0.25, -0.2) is 4.79 Å². The molecule has 0 bridgehead atoms. The van der Waals surface area contributed by atoms with Crippen molar-refractivity contribution in [2.75, 3.05) is 0 Å². The summed E-state index contributed by atoms with van der Waals surface area (Å²) in [5.41, 5.74) is -1.19. The molecule has 0 fully saturated rings. The normalized spacial score (nSPS) is 10.6. The average Bonchev–Trinajstić information content (AvgIpc) is 2.01. The van der Waals surface area contributed by atoms with Crippen LogP contribution in [0.1, 0.15) is 16.1 Å². The molecule has 4 nitrogen and oxygen atoms in total. The molecule has 0 unspecified atom stereocenters. The molecule has 1 heterocycles. The number of aryl methyl sites for hydroxylation is 1. The fourth-order valence-corrected chi connectivity index (χ4v) is 1.39. The summed E-state index contributed by atoms with van der Waals surface area (Å²) in [4.78, 5) is 22.6. The van der Waals surface area contributed by atoms with Gasteiger partial charge in [0.15, 0.2) is 5.78 Å². The smallest absolute Gasteiger partial charge is 0.350 e. The van der Waals surface area contributed by atoms with Crippen molar-refractivity contribution in [1.29, 1.82) is 0 Å². The predicted octanol–water partition coefficient (Wildman–Crippen LogP) is 1.95. The summed E-state index contributed by atoms with van der Waals surface area (Å²) in [7, 11) is 0. The van der Waals surface area contributed by atoms with Crippen molar-refractivity contribution in [2.24, 2.45) is 0 Å². The largest absolute Gasteiger partial charge is 0.507 e. The van der Waals surface area contributed by atoms with Crippen molar-refractivity contribution in [3.05, 3.63) is 27.8 Å². The SMILES string of the molecule is Cc1cc(O)c(C(=O)C(Br)Br)c(=O)o1. The number of halogens is 2. The summed E-state index contributed by atoms with van der Waals surface area (Å²) in [5.74, 6) is -0.686. The summed E-state index contributed by atoms with van der Waals surface area (Å²) in [6.07, 6.45) is 0. The van der Waals surface area contributed by atoms with Gasteiger partial charge in [-0.2, -0.15) is 0 Å². The molecule has 76 valence electrons. The minimum atomic E-state index is -0.837. The Morgan fingerprint density at radius 2 is 2.14 bits per heavy atom. The molecule has 0 aromatic carbocycles. The zero-order valence-corrected chi connectivity index (χ0v) is 10.3. The van der Waals surface area contributed by atoms with Gasteiger partial charge in [-0.1, -0.05) is 31.9 Å². The topological polar surface area (TPSA) is 67.5 Å². The maximum Gasteiger partial charge on any atom is 0.350 e. The molecule has 1 aromatic heterocycles. The van der Waals surface area contributed by atoms with E-state index >= 15 is 0 Å². The van der Waals surface area contributed by atoms with E-state index < -0.39 is 15.1 Å². The van der Waals surface area contributed by atoms with E-state index in [1.807, 2.05) is 0 Å². The number of aromatic hydroxyl groups is 1. The lowest BCUT2D eigenvalue weighted by Gasteiger charge is -2.02. The van der Waals surface area contributed by atoms with Crippen LogP contribution in [-0.4, -0.2) is 14.6 Å². The molecular weight excluding hydrogens is 320 g/mol. The fourth-order valence-electron chi connectivity index (χ4n) is 0.932. The number of rotatable bonds is 2. The number of hydrogen-bond donors (Lipinski definition) is 1. The third kappa shape index (κ3) is 2.24. The summed E-state index contributed by atoms with van der Waals surface area (Å²) in [5, 5.41) is 9.37. The Labute approximate surface area is 96.2 Å². The number of hydrogen-bond acceptors (Lipinski definition) is 4. The lowest BCUT2D eigenvalue weighted by Crippen LogP contribution is -2.18.